The minimum atomic E-state index is 1.05. The summed E-state index contributed by atoms with van der Waals surface area (Å²) in [5.74, 6) is 1.05. The van der Waals surface area contributed by atoms with Crippen molar-refractivity contribution >= 4 is 0 Å². The zero-order chi connectivity index (χ0) is 13.9. The lowest BCUT2D eigenvalue weighted by molar-refractivity contribution is 0.612. The maximum Gasteiger partial charge on any atom is -0.0443 e. The Bertz CT molecular complexity index is 94.8. The first-order valence-electron chi connectivity index (χ1n) is 7.73. The highest BCUT2D eigenvalue weighted by Gasteiger charge is 2.07. The lowest BCUT2D eigenvalue weighted by Gasteiger charge is -1.91. The van der Waals surface area contributed by atoms with Crippen molar-refractivity contribution < 1.29 is 0 Å². The molecule has 0 N–H and O–H groups in total. The second-order valence-corrected chi connectivity index (χ2v) is 4.16. The highest BCUT2D eigenvalue weighted by molar-refractivity contribution is 4.60. The molecule has 2 aliphatic carbocycles. The molecule has 0 radical (unpaired) electrons. The van der Waals surface area contributed by atoms with Crippen LogP contribution in [0.25, 0.3) is 0 Å². The molecule has 0 aromatic heterocycles. The average Bonchev–Trinajstić information content (AvgIpc) is 3.12. The maximum atomic E-state index is 4.00. The van der Waals surface area contributed by atoms with Crippen LogP contribution in [0.4, 0.5) is 0 Å². The van der Waals surface area contributed by atoms with Crippen molar-refractivity contribution in [3.05, 3.63) is 0 Å². The Morgan fingerprint density at radius 1 is 0.588 bits per heavy atom. The average molecular weight is 240 g/mol. The van der Waals surface area contributed by atoms with Crippen molar-refractivity contribution in [1.29, 1.82) is 0 Å². The SMILES string of the molecule is C#C.C1CCCC1.CC.CC.CC1CCCC1. The van der Waals surface area contributed by atoms with Crippen LogP contribution in [0.3, 0.4) is 0 Å². The summed E-state index contributed by atoms with van der Waals surface area (Å²) in [6.45, 7) is 10.3. The molecule has 0 bridgehead atoms. The predicted octanol–water partition coefficient (Wildman–Crippen LogP) is 6.45. The van der Waals surface area contributed by atoms with Gasteiger partial charge >= 0.3 is 0 Å². The third-order valence-electron chi connectivity index (χ3n) is 2.89. The molecule has 2 fully saturated rings. The van der Waals surface area contributed by atoms with Gasteiger partial charge in [-0.3, -0.25) is 0 Å². The lowest BCUT2D eigenvalue weighted by atomic mass is 10.2. The van der Waals surface area contributed by atoms with Crippen molar-refractivity contribution in [3.63, 3.8) is 0 Å². The van der Waals surface area contributed by atoms with E-state index in [1.165, 1.54) is 57.8 Å². The van der Waals surface area contributed by atoms with Crippen molar-refractivity contribution in [1.82, 2.24) is 0 Å². The molecule has 17 heavy (non-hydrogen) atoms. The van der Waals surface area contributed by atoms with Gasteiger partial charge in [-0.25, -0.2) is 0 Å². The van der Waals surface area contributed by atoms with E-state index in [1.54, 1.807) is 0 Å². The summed E-state index contributed by atoms with van der Waals surface area (Å²) >= 11 is 0. The van der Waals surface area contributed by atoms with Crippen LogP contribution in [-0.4, -0.2) is 0 Å². The summed E-state index contributed by atoms with van der Waals surface area (Å²) < 4.78 is 0. The standard InChI is InChI=1S/C6H12.C5H10.2C2H6.C2H2/c1-6-4-2-3-5-6;1-2-4-5-3-1;3*1-2/h6H,2-5H2,1H3;1-5H2;2*1-2H3;1-2H. The van der Waals surface area contributed by atoms with Crippen molar-refractivity contribution in [2.24, 2.45) is 5.92 Å². The van der Waals surface area contributed by atoms with Gasteiger partial charge in [0.2, 0.25) is 0 Å². The molecule has 2 saturated carbocycles. The summed E-state index contributed by atoms with van der Waals surface area (Å²) in [5.41, 5.74) is 0. The van der Waals surface area contributed by atoms with Crippen LogP contribution in [-0.2, 0) is 0 Å². The predicted molar refractivity (Wildman–Crippen MR) is 83.3 cm³/mol. The van der Waals surface area contributed by atoms with E-state index in [9.17, 15) is 0 Å². The molecule has 0 nitrogen and oxygen atoms in total. The van der Waals surface area contributed by atoms with Gasteiger partial charge in [-0.05, 0) is 5.92 Å². The monoisotopic (exact) mass is 240 g/mol. The third kappa shape index (κ3) is 21.4. The Morgan fingerprint density at radius 3 is 0.941 bits per heavy atom. The molecule has 2 aliphatic rings. The third-order valence-corrected chi connectivity index (χ3v) is 2.89. The first kappa shape index (κ1) is 21.8. The Hall–Kier alpha value is -0.440. The summed E-state index contributed by atoms with van der Waals surface area (Å²) in [6.07, 6.45) is 21.4. The van der Waals surface area contributed by atoms with Crippen LogP contribution >= 0.6 is 0 Å². The van der Waals surface area contributed by atoms with E-state index in [0.29, 0.717) is 0 Å². The van der Waals surface area contributed by atoms with Crippen molar-refractivity contribution in [3.8, 4) is 12.8 Å². The summed E-state index contributed by atoms with van der Waals surface area (Å²) in [5, 5.41) is 0. The topological polar surface area (TPSA) is 0 Å². The van der Waals surface area contributed by atoms with E-state index < -0.39 is 0 Å². The van der Waals surface area contributed by atoms with Crippen LogP contribution in [0, 0.1) is 18.8 Å². The van der Waals surface area contributed by atoms with Gasteiger partial charge in [-0.2, -0.15) is 0 Å². The Balaban J connectivity index is -0.000000163. The van der Waals surface area contributed by atoms with Crippen LogP contribution < -0.4 is 0 Å². The zero-order valence-corrected chi connectivity index (χ0v) is 13.1. The van der Waals surface area contributed by atoms with Crippen LogP contribution in [0.1, 0.15) is 92.4 Å². The van der Waals surface area contributed by atoms with E-state index in [4.69, 9.17) is 0 Å². The molecule has 0 saturated heterocycles. The first-order valence-corrected chi connectivity index (χ1v) is 7.73. The summed E-state index contributed by atoms with van der Waals surface area (Å²) in [7, 11) is 0. The molecule has 0 heteroatoms. The molecule has 0 aromatic carbocycles. The van der Waals surface area contributed by atoms with E-state index in [1.807, 2.05) is 27.7 Å². The van der Waals surface area contributed by atoms with Gasteiger partial charge in [0.25, 0.3) is 0 Å². The Kier molecular flexibility index (Phi) is 31.7. The molecule has 104 valence electrons. The van der Waals surface area contributed by atoms with Gasteiger partial charge in [-0.15, -0.1) is 12.8 Å². The second-order valence-electron chi connectivity index (χ2n) is 4.16. The number of rotatable bonds is 0. The molecular weight excluding hydrogens is 204 g/mol. The largest absolute Gasteiger partial charge is 0.124 e. The zero-order valence-electron chi connectivity index (χ0n) is 13.1. The van der Waals surface area contributed by atoms with Gasteiger partial charge in [0.15, 0.2) is 0 Å². The summed E-state index contributed by atoms with van der Waals surface area (Å²) in [4.78, 5) is 0. The lowest BCUT2D eigenvalue weighted by Crippen LogP contribution is -1.78. The van der Waals surface area contributed by atoms with E-state index in [-0.39, 0.29) is 0 Å². The molecule has 0 aromatic rings. The fourth-order valence-electron chi connectivity index (χ4n) is 2.01. The van der Waals surface area contributed by atoms with Crippen LogP contribution in [0.15, 0.2) is 0 Å². The van der Waals surface area contributed by atoms with E-state index >= 15 is 0 Å². The fourth-order valence-corrected chi connectivity index (χ4v) is 2.01. The molecule has 0 heterocycles. The Morgan fingerprint density at radius 2 is 0.824 bits per heavy atom. The van der Waals surface area contributed by atoms with Gasteiger partial charge in [0.1, 0.15) is 0 Å². The normalized spacial score (nSPS) is 16.9. The second kappa shape index (κ2) is 24.7. The maximum absolute atomic E-state index is 4.00. The van der Waals surface area contributed by atoms with Crippen molar-refractivity contribution in [2.45, 2.75) is 92.4 Å². The van der Waals surface area contributed by atoms with E-state index in [0.717, 1.165) is 5.92 Å². The minimum absolute atomic E-state index is 1.05. The minimum Gasteiger partial charge on any atom is -0.124 e. The fraction of sp³-hybridized carbons (Fsp3) is 0.882. The first-order chi connectivity index (χ1) is 8.39. The molecule has 2 rings (SSSR count). The molecular formula is C17H36. The number of terminal acetylenes is 1. The Labute approximate surface area is 112 Å². The number of hydrogen-bond donors (Lipinski definition) is 0. The quantitative estimate of drug-likeness (QED) is 0.427. The van der Waals surface area contributed by atoms with Gasteiger partial charge in [0.05, 0.1) is 0 Å². The van der Waals surface area contributed by atoms with Gasteiger partial charge in [0, 0.05) is 0 Å². The highest BCUT2D eigenvalue weighted by Crippen LogP contribution is 2.22. The van der Waals surface area contributed by atoms with Gasteiger partial charge < -0.3 is 0 Å². The molecule has 0 amide bonds. The molecule has 0 spiro atoms. The van der Waals surface area contributed by atoms with Crippen LogP contribution in [0.5, 0.6) is 0 Å². The van der Waals surface area contributed by atoms with Crippen molar-refractivity contribution in [2.75, 3.05) is 0 Å². The summed E-state index contributed by atoms with van der Waals surface area (Å²) in [6, 6.07) is 0. The smallest absolute Gasteiger partial charge is 0.0443 e. The number of hydrogen-bond acceptors (Lipinski definition) is 0. The highest BCUT2D eigenvalue weighted by atomic mass is 14.1. The van der Waals surface area contributed by atoms with Crippen LogP contribution in [0.2, 0.25) is 0 Å². The molecule has 0 aliphatic heterocycles. The van der Waals surface area contributed by atoms with Gasteiger partial charge in [-0.1, -0.05) is 92.4 Å². The molecule has 0 atom stereocenters. The molecule has 0 unspecified atom stereocenters. The van der Waals surface area contributed by atoms with E-state index in [2.05, 4.69) is 19.8 Å².